The number of Topliss-reactive ketones (excluding diaryl/α,β-unsaturated/α-hetero) is 1. The number of hydrogen-bond donors (Lipinski definition) is 1. The van der Waals surface area contributed by atoms with Crippen LogP contribution < -0.4 is 5.32 Å². The van der Waals surface area contributed by atoms with Crippen LogP contribution in [0.3, 0.4) is 0 Å². The van der Waals surface area contributed by atoms with Gasteiger partial charge in [-0.15, -0.1) is 11.3 Å². The van der Waals surface area contributed by atoms with E-state index in [-0.39, 0.29) is 23.5 Å². The largest absolute Gasteiger partial charge is 0.342 e. The Kier molecular flexibility index (Phi) is 5.83. The third-order valence-corrected chi connectivity index (χ3v) is 5.54. The number of amides is 2. The Morgan fingerprint density at radius 1 is 1.15 bits per heavy atom. The number of nitrogens with zero attached hydrogens (tertiary/aromatic N) is 1. The topological polar surface area (TPSA) is 66.5 Å². The van der Waals surface area contributed by atoms with Crippen molar-refractivity contribution >= 4 is 34.6 Å². The third-order valence-electron chi connectivity index (χ3n) is 4.66. The van der Waals surface area contributed by atoms with Crippen LogP contribution in [0.4, 0.5) is 5.69 Å². The van der Waals surface area contributed by atoms with Gasteiger partial charge in [0.05, 0.1) is 6.42 Å². The highest BCUT2D eigenvalue weighted by Crippen LogP contribution is 2.21. The predicted molar refractivity (Wildman–Crippen MR) is 102 cm³/mol. The Morgan fingerprint density at radius 3 is 2.58 bits per heavy atom. The van der Waals surface area contributed by atoms with E-state index < -0.39 is 0 Å². The van der Waals surface area contributed by atoms with E-state index in [1.807, 2.05) is 22.4 Å². The van der Waals surface area contributed by atoms with Gasteiger partial charge < -0.3 is 10.2 Å². The zero-order valence-corrected chi connectivity index (χ0v) is 15.6. The van der Waals surface area contributed by atoms with Gasteiger partial charge in [0.1, 0.15) is 0 Å². The van der Waals surface area contributed by atoms with Crippen LogP contribution in [0.1, 0.15) is 35.0 Å². The summed E-state index contributed by atoms with van der Waals surface area (Å²) >= 11 is 1.59. The molecule has 0 radical (unpaired) electrons. The molecule has 0 saturated carbocycles. The Balaban J connectivity index is 1.51. The van der Waals surface area contributed by atoms with Gasteiger partial charge in [0.2, 0.25) is 11.8 Å². The molecule has 0 atom stereocenters. The van der Waals surface area contributed by atoms with E-state index >= 15 is 0 Å². The van der Waals surface area contributed by atoms with Gasteiger partial charge in [-0.2, -0.15) is 0 Å². The van der Waals surface area contributed by atoms with Crippen molar-refractivity contribution in [2.24, 2.45) is 5.92 Å². The first-order chi connectivity index (χ1) is 12.5. The smallest absolute Gasteiger partial charge is 0.227 e. The molecule has 1 aliphatic rings. The van der Waals surface area contributed by atoms with Gasteiger partial charge in [-0.3, -0.25) is 14.4 Å². The van der Waals surface area contributed by atoms with Gasteiger partial charge in [-0.25, -0.2) is 0 Å². The van der Waals surface area contributed by atoms with Crippen LogP contribution in [0.25, 0.3) is 0 Å². The molecule has 1 aliphatic heterocycles. The highest BCUT2D eigenvalue weighted by Gasteiger charge is 2.27. The summed E-state index contributed by atoms with van der Waals surface area (Å²) in [6, 6.07) is 10.9. The zero-order chi connectivity index (χ0) is 18.5. The van der Waals surface area contributed by atoms with Crippen molar-refractivity contribution in [3.05, 3.63) is 52.2 Å². The van der Waals surface area contributed by atoms with Crippen LogP contribution in [0.2, 0.25) is 0 Å². The number of piperidine rings is 1. The molecular weight excluding hydrogens is 348 g/mol. The summed E-state index contributed by atoms with van der Waals surface area (Å²) in [4.78, 5) is 39.2. The average Bonchev–Trinajstić information content (AvgIpc) is 3.15. The van der Waals surface area contributed by atoms with Crippen molar-refractivity contribution < 1.29 is 14.4 Å². The summed E-state index contributed by atoms with van der Waals surface area (Å²) in [6.45, 7) is 2.72. The van der Waals surface area contributed by atoms with Crippen LogP contribution in [-0.4, -0.2) is 35.6 Å². The number of likely N-dealkylation sites (tertiary alicyclic amines) is 1. The lowest BCUT2D eigenvalue weighted by Crippen LogP contribution is -2.42. The van der Waals surface area contributed by atoms with Crippen molar-refractivity contribution in [1.29, 1.82) is 0 Å². The Hall–Kier alpha value is -2.47. The van der Waals surface area contributed by atoms with Crippen molar-refractivity contribution in [3.8, 4) is 0 Å². The molecule has 136 valence electrons. The summed E-state index contributed by atoms with van der Waals surface area (Å²) < 4.78 is 0. The minimum atomic E-state index is -0.109. The number of benzene rings is 1. The molecule has 1 fully saturated rings. The molecule has 5 nitrogen and oxygen atoms in total. The second kappa shape index (κ2) is 8.27. The fourth-order valence-corrected chi connectivity index (χ4v) is 3.82. The molecule has 1 aromatic carbocycles. The molecule has 3 rings (SSSR count). The Bertz CT molecular complexity index is 793. The summed E-state index contributed by atoms with van der Waals surface area (Å²) in [5, 5.41) is 4.87. The van der Waals surface area contributed by atoms with Crippen LogP contribution in [0, 0.1) is 5.92 Å². The van der Waals surface area contributed by atoms with Crippen molar-refractivity contribution in [2.45, 2.75) is 26.2 Å². The third kappa shape index (κ3) is 4.58. The number of carbonyl (C=O) groups is 3. The normalized spacial score (nSPS) is 14.9. The molecule has 2 amide bonds. The summed E-state index contributed by atoms with van der Waals surface area (Å²) in [6.07, 6.45) is 1.76. The number of anilines is 1. The number of carbonyl (C=O) groups excluding carboxylic acids is 3. The Labute approximate surface area is 157 Å². The number of hydrogen-bond acceptors (Lipinski definition) is 4. The molecule has 0 unspecified atom stereocenters. The summed E-state index contributed by atoms with van der Waals surface area (Å²) in [5.41, 5.74) is 1.22. The monoisotopic (exact) mass is 370 g/mol. The fourth-order valence-electron chi connectivity index (χ4n) is 3.13. The number of rotatable bonds is 5. The molecule has 2 heterocycles. The first-order valence-corrected chi connectivity index (χ1v) is 9.63. The maximum absolute atomic E-state index is 12.5. The molecule has 1 saturated heterocycles. The van der Waals surface area contributed by atoms with Gasteiger partial charge in [0, 0.05) is 35.1 Å². The molecule has 1 N–H and O–H groups in total. The summed E-state index contributed by atoms with van der Waals surface area (Å²) in [7, 11) is 0. The SMILES string of the molecule is CC(=O)c1cccc(NC(=O)C2CCN(C(=O)Cc3cccs3)CC2)c1. The summed E-state index contributed by atoms with van der Waals surface area (Å²) in [5.74, 6) is -0.0584. The zero-order valence-electron chi connectivity index (χ0n) is 14.7. The van der Waals surface area contributed by atoms with Crippen LogP contribution in [0.15, 0.2) is 41.8 Å². The molecule has 0 spiro atoms. The first-order valence-electron chi connectivity index (χ1n) is 8.75. The average molecular weight is 370 g/mol. The van der Waals surface area contributed by atoms with Gasteiger partial charge >= 0.3 is 0 Å². The highest BCUT2D eigenvalue weighted by atomic mass is 32.1. The van der Waals surface area contributed by atoms with E-state index in [1.54, 1.807) is 35.6 Å². The van der Waals surface area contributed by atoms with E-state index in [0.717, 1.165) is 4.88 Å². The van der Waals surface area contributed by atoms with E-state index in [2.05, 4.69) is 5.32 Å². The highest BCUT2D eigenvalue weighted by molar-refractivity contribution is 7.10. The molecule has 0 bridgehead atoms. The van der Waals surface area contributed by atoms with Gasteiger partial charge in [-0.05, 0) is 43.3 Å². The number of thiophene rings is 1. The van der Waals surface area contributed by atoms with Gasteiger partial charge in [0.25, 0.3) is 0 Å². The maximum atomic E-state index is 12.5. The van der Waals surface area contributed by atoms with Crippen LogP contribution in [-0.2, 0) is 16.0 Å². The second-order valence-electron chi connectivity index (χ2n) is 6.54. The molecular formula is C20H22N2O3S. The van der Waals surface area contributed by atoms with E-state index in [1.165, 1.54) is 6.92 Å². The van der Waals surface area contributed by atoms with Crippen molar-refractivity contribution in [1.82, 2.24) is 4.90 Å². The number of nitrogens with one attached hydrogen (secondary N) is 1. The first kappa shape index (κ1) is 18.3. The minimum absolute atomic E-state index is 0.0290. The molecule has 6 heteroatoms. The standard InChI is InChI=1S/C20H22N2O3S/c1-14(23)16-4-2-5-17(12-16)21-20(25)15-7-9-22(10-8-15)19(24)13-18-6-3-11-26-18/h2-6,11-12,15H,7-10,13H2,1H3,(H,21,25). The second-order valence-corrected chi connectivity index (χ2v) is 7.57. The number of ketones is 1. The molecule has 26 heavy (non-hydrogen) atoms. The predicted octanol–water partition coefficient (Wildman–Crippen LogP) is 3.37. The van der Waals surface area contributed by atoms with Gasteiger partial charge in [-0.1, -0.05) is 18.2 Å². The van der Waals surface area contributed by atoms with Crippen LogP contribution in [0.5, 0.6) is 0 Å². The van der Waals surface area contributed by atoms with Crippen molar-refractivity contribution in [2.75, 3.05) is 18.4 Å². The maximum Gasteiger partial charge on any atom is 0.227 e. The van der Waals surface area contributed by atoms with E-state index in [4.69, 9.17) is 0 Å². The van der Waals surface area contributed by atoms with E-state index in [0.29, 0.717) is 43.6 Å². The molecule has 2 aromatic rings. The Morgan fingerprint density at radius 2 is 1.92 bits per heavy atom. The lowest BCUT2D eigenvalue weighted by Gasteiger charge is -2.31. The fraction of sp³-hybridized carbons (Fsp3) is 0.350. The molecule has 1 aromatic heterocycles. The van der Waals surface area contributed by atoms with Gasteiger partial charge in [0.15, 0.2) is 5.78 Å². The lowest BCUT2D eigenvalue weighted by atomic mass is 9.95. The van der Waals surface area contributed by atoms with E-state index in [9.17, 15) is 14.4 Å². The molecule has 0 aliphatic carbocycles. The quantitative estimate of drug-likeness (QED) is 0.821. The lowest BCUT2D eigenvalue weighted by molar-refractivity contribution is -0.133. The minimum Gasteiger partial charge on any atom is -0.342 e. The van der Waals surface area contributed by atoms with Crippen LogP contribution >= 0.6 is 11.3 Å². The van der Waals surface area contributed by atoms with Crippen molar-refractivity contribution in [3.63, 3.8) is 0 Å².